The first-order valence-electron chi connectivity index (χ1n) is 13.9. The molecule has 4 N–H and O–H groups in total. The molecule has 0 unspecified atom stereocenters. The molecule has 0 aliphatic heterocycles. The van der Waals surface area contributed by atoms with Gasteiger partial charge in [-0.15, -0.1) is 0 Å². The van der Waals surface area contributed by atoms with E-state index < -0.39 is 24.0 Å². The fraction of sp³-hybridized carbons (Fsp3) is 0.679. The monoisotopic (exact) mass is 650 g/mol. The van der Waals surface area contributed by atoms with Crippen molar-refractivity contribution < 1.29 is 29.4 Å². The molecule has 3 saturated carbocycles. The summed E-state index contributed by atoms with van der Waals surface area (Å²) in [5.74, 6) is -0.806. The molecular weight excluding hydrogens is 613 g/mol. The average Bonchev–Trinajstić information content (AvgIpc) is 3.51. The number of carbonyl (C=O) groups is 3. The number of ketones is 1. The molecule has 7 atom stereocenters. The summed E-state index contributed by atoms with van der Waals surface area (Å²) in [4.78, 5) is 49.7. The van der Waals surface area contributed by atoms with Gasteiger partial charge in [-0.3, -0.25) is 9.59 Å². The predicted molar refractivity (Wildman–Crippen MR) is 150 cm³/mol. The minimum Gasteiger partial charge on any atom is -0.393 e. The number of fused-ring (bicyclic) bond motifs is 5. The van der Waals surface area contributed by atoms with Gasteiger partial charge in [-0.1, -0.05) is 17.7 Å². The van der Waals surface area contributed by atoms with E-state index in [1.165, 1.54) is 5.57 Å². The van der Waals surface area contributed by atoms with E-state index in [0.717, 1.165) is 47.1 Å². The first kappa shape index (κ1) is 28.4. The van der Waals surface area contributed by atoms with Crippen molar-refractivity contribution in [3.63, 3.8) is 0 Å². The average molecular weight is 651 g/mol. The fourth-order valence-corrected chi connectivity index (χ4v) is 8.85. The van der Waals surface area contributed by atoms with Crippen molar-refractivity contribution >= 4 is 46.3 Å². The number of Topliss-reactive ketones (excluding diaryl/α,β-unsaturated/α-hetero) is 1. The second-order valence-electron chi connectivity index (χ2n) is 11.8. The number of oxime groups is 1. The third-order valence-corrected chi connectivity index (χ3v) is 11.0. The molecule has 1 aromatic rings. The van der Waals surface area contributed by atoms with Gasteiger partial charge < -0.3 is 30.1 Å². The van der Waals surface area contributed by atoms with Crippen molar-refractivity contribution in [1.82, 2.24) is 15.3 Å². The van der Waals surface area contributed by atoms with Crippen LogP contribution in [0.5, 0.6) is 0 Å². The molecule has 0 spiro atoms. The lowest BCUT2D eigenvalue weighted by Gasteiger charge is -2.59. The fourth-order valence-electron chi connectivity index (χ4n) is 8.29. The highest BCUT2D eigenvalue weighted by Crippen LogP contribution is 2.66. The topological polar surface area (TPSA) is 154 Å². The highest BCUT2D eigenvalue weighted by Gasteiger charge is 2.64. The first-order chi connectivity index (χ1) is 18.7. The zero-order valence-electron chi connectivity index (χ0n) is 22.2. The molecule has 3 fully saturated rings. The van der Waals surface area contributed by atoms with E-state index in [-0.39, 0.29) is 47.9 Å². The van der Waals surface area contributed by atoms with Gasteiger partial charge in [0.1, 0.15) is 16.6 Å². The van der Waals surface area contributed by atoms with Crippen LogP contribution in [-0.2, 0) is 25.6 Å². The van der Waals surface area contributed by atoms with Gasteiger partial charge in [0.15, 0.2) is 12.4 Å². The Hall–Kier alpha value is -2.12. The normalized spacial score (nSPS) is 36.4. The molecule has 1 heterocycles. The second-order valence-corrected chi connectivity index (χ2v) is 12.8. The van der Waals surface area contributed by atoms with E-state index in [4.69, 9.17) is 4.84 Å². The van der Waals surface area contributed by atoms with Crippen molar-refractivity contribution in [2.75, 3.05) is 19.8 Å². The molecule has 4 aliphatic carbocycles. The third kappa shape index (κ3) is 5.10. The number of hydrogen-bond donors (Lipinski definition) is 4. The van der Waals surface area contributed by atoms with E-state index in [0.29, 0.717) is 25.8 Å². The largest absolute Gasteiger partial charge is 0.393 e. The van der Waals surface area contributed by atoms with Gasteiger partial charge in [0.25, 0.3) is 5.91 Å². The molecule has 1 amide bonds. The molecule has 1 aromatic heterocycles. The molecule has 5 rings (SSSR count). The predicted octanol–water partition coefficient (Wildman–Crippen LogP) is 2.34. The van der Waals surface area contributed by atoms with E-state index in [1.54, 1.807) is 6.33 Å². The number of rotatable bonds is 9. The number of aliphatic hydroxyl groups excluding tert-OH is 2. The maximum absolute atomic E-state index is 12.5. The number of imidazole rings is 1. The van der Waals surface area contributed by atoms with Gasteiger partial charge in [0.2, 0.25) is 0 Å². The summed E-state index contributed by atoms with van der Waals surface area (Å²) < 4.78 is 0.893. The Kier molecular flexibility index (Phi) is 8.30. The van der Waals surface area contributed by atoms with Crippen molar-refractivity contribution in [2.24, 2.45) is 39.7 Å². The molecule has 0 saturated heterocycles. The van der Waals surface area contributed by atoms with Gasteiger partial charge in [0, 0.05) is 30.0 Å². The van der Waals surface area contributed by atoms with Gasteiger partial charge in [-0.05, 0) is 96.8 Å². The molecule has 212 valence electrons. The number of nitrogens with zero attached hydrogens (tertiary/aromatic N) is 2. The van der Waals surface area contributed by atoms with Gasteiger partial charge in [-0.2, -0.15) is 0 Å². The van der Waals surface area contributed by atoms with Crippen LogP contribution in [-0.4, -0.2) is 69.7 Å². The molecule has 0 radical (unpaired) electrons. The number of aromatic nitrogens is 2. The Morgan fingerprint density at radius 3 is 2.87 bits per heavy atom. The number of nitrogens with one attached hydrogen (secondary N) is 2. The summed E-state index contributed by atoms with van der Waals surface area (Å²) in [5, 5.41) is 28.1. The molecular formula is C28H37IN4O6. The minimum atomic E-state index is -0.871. The first-order valence-corrected chi connectivity index (χ1v) is 14.9. The summed E-state index contributed by atoms with van der Waals surface area (Å²) in [6, 6.07) is 0. The van der Waals surface area contributed by atoms with E-state index in [1.807, 2.05) is 0 Å². The molecule has 0 bridgehead atoms. The number of aromatic amines is 1. The summed E-state index contributed by atoms with van der Waals surface area (Å²) in [5.41, 5.74) is 1.91. The van der Waals surface area contributed by atoms with E-state index in [9.17, 15) is 24.6 Å². The minimum absolute atomic E-state index is 0.00438. The maximum Gasteiger partial charge on any atom is 0.260 e. The SMILES string of the molecule is C[C@]12CC/C(=N\OCC(=O)NCCc3[nH]cnc3[125I])C=C1CC[C@@H]1[C@@H]2[C@@H](O)C[C@]2(C=O)[C@@H](C(=O)CO)CC[C@@H]12. The number of allylic oxidation sites excluding steroid dienone is 2. The van der Waals surface area contributed by atoms with Crippen LogP contribution in [0.1, 0.15) is 57.6 Å². The van der Waals surface area contributed by atoms with Crippen molar-refractivity contribution in [3.05, 3.63) is 27.4 Å². The Balaban J connectivity index is 1.22. The lowest BCUT2D eigenvalue weighted by atomic mass is 9.45. The van der Waals surface area contributed by atoms with Crippen molar-refractivity contribution in [3.8, 4) is 0 Å². The Bertz CT molecular complexity index is 1180. The number of aldehydes is 1. The van der Waals surface area contributed by atoms with Crippen LogP contribution in [0.2, 0.25) is 0 Å². The second kappa shape index (κ2) is 11.4. The number of hydrogen-bond acceptors (Lipinski definition) is 8. The number of carbonyl (C=O) groups excluding carboxylic acids is 3. The third-order valence-electron chi connectivity index (χ3n) is 10.0. The van der Waals surface area contributed by atoms with Crippen molar-refractivity contribution in [2.45, 2.75) is 64.4 Å². The lowest BCUT2D eigenvalue weighted by Crippen LogP contribution is -2.58. The quantitative estimate of drug-likeness (QED) is 0.182. The zero-order valence-corrected chi connectivity index (χ0v) is 24.4. The Labute approximate surface area is 241 Å². The standard InChI is InChI=1S/C28H37IN4O6/c1-27-8-6-17(33-39-13-24(38)30-9-7-21-26(29)32-15-31-21)10-16(27)2-3-18-19-4-5-20(23(37)12-34)28(19,14-35)11-22(36)25(18)27/h10,14-15,18-20,22,25,34,36H,2-9,11-13H2,1H3,(H,30,38)(H,31,32)/b33-17+/t18-,19-,20+,22-,25+,27-,28+/m0/s1/i29-2. The van der Waals surface area contributed by atoms with Crippen molar-refractivity contribution in [1.29, 1.82) is 0 Å². The zero-order chi connectivity index (χ0) is 27.8. The van der Waals surface area contributed by atoms with Crippen LogP contribution in [0.3, 0.4) is 0 Å². The molecule has 0 aromatic carbocycles. The number of H-pyrrole nitrogens is 1. The summed E-state index contributed by atoms with van der Waals surface area (Å²) >= 11 is 2.15. The Morgan fingerprint density at radius 2 is 2.15 bits per heavy atom. The molecule has 10 nitrogen and oxygen atoms in total. The van der Waals surface area contributed by atoms with Gasteiger partial charge in [-0.25, -0.2) is 4.98 Å². The lowest BCUT2D eigenvalue weighted by molar-refractivity contribution is -0.156. The van der Waals surface area contributed by atoms with E-state index in [2.05, 4.69) is 56.0 Å². The number of halogens is 1. The smallest absolute Gasteiger partial charge is 0.260 e. The molecule has 39 heavy (non-hydrogen) atoms. The number of amides is 1. The summed E-state index contributed by atoms with van der Waals surface area (Å²) in [6.45, 7) is 1.98. The van der Waals surface area contributed by atoms with E-state index >= 15 is 0 Å². The van der Waals surface area contributed by atoms with Crippen LogP contribution in [0.4, 0.5) is 0 Å². The summed E-state index contributed by atoms with van der Waals surface area (Å²) in [6.07, 6.45) is 9.39. The molecule has 11 heteroatoms. The van der Waals surface area contributed by atoms with Gasteiger partial charge >= 0.3 is 0 Å². The number of aliphatic hydroxyl groups is 2. The van der Waals surface area contributed by atoms with Crippen LogP contribution >= 0.6 is 22.6 Å². The highest BCUT2D eigenvalue weighted by atomic mass is 125. The summed E-state index contributed by atoms with van der Waals surface area (Å²) in [7, 11) is 0. The Morgan fingerprint density at radius 1 is 1.33 bits per heavy atom. The molecule has 4 aliphatic rings. The van der Waals surface area contributed by atoms with Gasteiger partial charge in [0.05, 0.1) is 18.1 Å². The maximum atomic E-state index is 12.5. The highest BCUT2D eigenvalue weighted by molar-refractivity contribution is 14.1. The van der Waals surface area contributed by atoms with Crippen LogP contribution in [0.15, 0.2) is 23.1 Å². The van der Waals surface area contributed by atoms with Crippen LogP contribution in [0, 0.1) is 38.2 Å². The van der Waals surface area contributed by atoms with Crippen LogP contribution < -0.4 is 5.32 Å². The van der Waals surface area contributed by atoms with Crippen LogP contribution in [0.25, 0.3) is 0 Å².